The molecule has 0 heterocycles. The first-order valence-electron chi connectivity index (χ1n) is 7.87. The van der Waals surface area contributed by atoms with E-state index in [0.29, 0.717) is 6.54 Å². The van der Waals surface area contributed by atoms with E-state index in [-0.39, 0.29) is 17.9 Å². The molecule has 23 heavy (non-hydrogen) atoms. The van der Waals surface area contributed by atoms with Gasteiger partial charge in [-0.25, -0.2) is 0 Å². The number of carbonyl (C=O) groups excluding carboxylic acids is 1. The van der Waals surface area contributed by atoms with Crippen molar-refractivity contribution in [3.63, 3.8) is 0 Å². The number of rotatable bonds is 7. The van der Waals surface area contributed by atoms with E-state index in [1.54, 1.807) is 0 Å². The van der Waals surface area contributed by atoms with Gasteiger partial charge in [0.25, 0.3) is 0 Å². The molecule has 3 N–H and O–H groups in total. The van der Waals surface area contributed by atoms with E-state index in [1.165, 1.54) is 0 Å². The van der Waals surface area contributed by atoms with Crippen molar-refractivity contribution < 1.29 is 9.90 Å². The second kappa shape index (κ2) is 13.7. The second-order valence-electron chi connectivity index (χ2n) is 5.15. The zero-order valence-corrected chi connectivity index (χ0v) is 14.6. The number of amides is 1. The van der Waals surface area contributed by atoms with Crippen LogP contribution in [0, 0.1) is 5.92 Å². The van der Waals surface area contributed by atoms with Crippen LogP contribution in [0.4, 0.5) is 0 Å². The van der Waals surface area contributed by atoms with E-state index < -0.39 is 0 Å². The predicted octanol–water partition coefficient (Wildman–Crippen LogP) is 2.51. The molecule has 0 aromatic carbocycles. The summed E-state index contributed by atoms with van der Waals surface area (Å²) in [6.45, 7) is 4.57. The van der Waals surface area contributed by atoms with E-state index in [1.807, 2.05) is 63.4 Å². The fourth-order valence-electron chi connectivity index (χ4n) is 2.06. The summed E-state index contributed by atoms with van der Waals surface area (Å²) in [7, 11) is 2.83. The number of likely N-dealkylation sites (N-methyl/N-ethyl adjacent to an activating group) is 1. The third-order valence-electron chi connectivity index (χ3n) is 3.34. The Morgan fingerprint density at radius 1 is 1.22 bits per heavy atom. The third-order valence-corrected chi connectivity index (χ3v) is 3.34. The number of aliphatic hydroxyl groups excluding tert-OH is 1. The number of carbonyl (C=O) groups is 1. The van der Waals surface area contributed by atoms with Gasteiger partial charge in [-0.2, -0.15) is 0 Å². The van der Waals surface area contributed by atoms with Crippen molar-refractivity contribution >= 4 is 5.91 Å². The van der Waals surface area contributed by atoms with Crippen molar-refractivity contribution in [2.45, 2.75) is 26.3 Å². The van der Waals surface area contributed by atoms with E-state index >= 15 is 0 Å². The summed E-state index contributed by atoms with van der Waals surface area (Å²) in [5, 5.41) is 13.1. The Morgan fingerprint density at radius 3 is 2.35 bits per heavy atom. The molecule has 4 nitrogen and oxygen atoms in total. The number of hydrogen-bond donors (Lipinski definition) is 3. The van der Waals surface area contributed by atoms with Gasteiger partial charge in [0.15, 0.2) is 0 Å². The predicted molar refractivity (Wildman–Crippen MR) is 98.1 cm³/mol. The third kappa shape index (κ3) is 9.66. The zero-order chi connectivity index (χ0) is 17.5. The van der Waals surface area contributed by atoms with Gasteiger partial charge in [0, 0.05) is 13.7 Å². The number of aliphatic hydroxyl groups is 1. The fourth-order valence-corrected chi connectivity index (χ4v) is 2.06. The maximum Gasteiger partial charge on any atom is 0.237 e. The van der Waals surface area contributed by atoms with Crippen LogP contribution in [0.1, 0.15) is 20.3 Å². The number of allylic oxidation sites excluding steroid dienone is 9. The maximum atomic E-state index is 12.2. The molecule has 1 rings (SSSR count). The maximum absolute atomic E-state index is 12.2. The lowest BCUT2D eigenvalue weighted by Crippen LogP contribution is -2.44. The zero-order valence-electron chi connectivity index (χ0n) is 14.6. The minimum absolute atomic E-state index is 0.0461. The van der Waals surface area contributed by atoms with E-state index in [4.69, 9.17) is 5.11 Å². The van der Waals surface area contributed by atoms with Gasteiger partial charge in [0.2, 0.25) is 5.91 Å². The van der Waals surface area contributed by atoms with E-state index in [0.717, 1.165) is 19.1 Å². The van der Waals surface area contributed by atoms with Crippen LogP contribution >= 0.6 is 0 Å². The van der Waals surface area contributed by atoms with Crippen molar-refractivity contribution in [3.05, 3.63) is 60.3 Å². The molecule has 1 amide bonds. The van der Waals surface area contributed by atoms with Crippen molar-refractivity contribution in [2.75, 3.05) is 20.7 Å². The second-order valence-corrected chi connectivity index (χ2v) is 5.15. The molecule has 0 aromatic heterocycles. The van der Waals surface area contributed by atoms with Crippen LogP contribution in [0.15, 0.2) is 60.3 Å². The van der Waals surface area contributed by atoms with Gasteiger partial charge < -0.3 is 15.7 Å². The highest BCUT2D eigenvalue weighted by Crippen LogP contribution is 2.13. The Bertz CT molecular complexity index is 458. The molecule has 1 aliphatic rings. The molecule has 4 heteroatoms. The number of hydrogen-bond acceptors (Lipinski definition) is 3. The van der Waals surface area contributed by atoms with Crippen LogP contribution in [0.2, 0.25) is 0 Å². The highest BCUT2D eigenvalue weighted by molar-refractivity contribution is 5.82. The molecule has 0 fully saturated rings. The molecule has 0 aromatic rings. The monoisotopic (exact) mass is 318 g/mol. The average molecular weight is 318 g/mol. The van der Waals surface area contributed by atoms with E-state index in [9.17, 15) is 4.79 Å². The molecule has 1 unspecified atom stereocenters. The van der Waals surface area contributed by atoms with Gasteiger partial charge in [-0.1, -0.05) is 60.3 Å². The first-order valence-corrected chi connectivity index (χ1v) is 7.87. The van der Waals surface area contributed by atoms with Crippen LogP contribution in [-0.4, -0.2) is 37.8 Å². The minimum atomic E-state index is -0.183. The quantitative estimate of drug-likeness (QED) is 0.632. The molecule has 0 spiro atoms. The van der Waals surface area contributed by atoms with Gasteiger partial charge in [-0.15, -0.1) is 0 Å². The molecular weight excluding hydrogens is 288 g/mol. The van der Waals surface area contributed by atoms with Crippen LogP contribution in [0.5, 0.6) is 0 Å². The normalized spacial score (nSPS) is 16.0. The molecule has 1 aliphatic carbocycles. The molecule has 1 atom stereocenters. The molecule has 0 aliphatic heterocycles. The van der Waals surface area contributed by atoms with Crippen molar-refractivity contribution in [1.29, 1.82) is 0 Å². The summed E-state index contributed by atoms with van der Waals surface area (Å²) in [6, 6.07) is -0.183. The average Bonchev–Trinajstić information content (AvgIpc) is 2.86. The highest BCUT2D eigenvalue weighted by atomic mass is 16.2. The number of nitrogens with one attached hydrogen (secondary N) is 2. The van der Waals surface area contributed by atoms with Crippen molar-refractivity contribution in [2.24, 2.45) is 5.92 Å². The molecular formula is C19H30N2O2. The Kier molecular flexibility index (Phi) is 12.6. The fraction of sp³-hybridized carbons (Fsp3) is 0.421. The first-order chi connectivity index (χ1) is 11.2. The lowest BCUT2D eigenvalue weighted by molar-refractivity contribution is -0.123. The van der Waals surface area contributed by atoms with Crippen molar-refractivity contribution in [3.8, 4) is 0 Å². The van der Waals surface area contributed by atoms with E-state index in [2.05, 4.69) is 22.8 Å². The SMILES string of the molecule is C/C=C\C=C(/C)CNC(=O)C(CC1C=CC=CC=C1)NC.CO. The summed E-state index contributed by atoms with van der Waals surface area (Å²) in [6.07, 6.45) is 19.0. The Hall–Kier alpha value is -1.91. The summed E-state index contributed by atoms with van der Waals surface area (Å²) >= 11 is 0. The van der Waals surface area contributed by atoms with Gasteiger partial charge in [-0.3, -0.25) is 4.79 Å². The van der Waals surface area contributed by atoms with Crippen LogP contribution in [0.25, 0.3) is 0 Å². The van der Waals surface area contributed by atoms with Crippen LogP contribution < -0.4 is 10.6 Å². The summed E-state index contributed by atoms with van der Waals surface area (Å²) in [5.41, 5.74) is 1.13. The molecule has 0 bridgehead atoms. The molecule has 0 saturated carbocycles. The smallest absolute Gasteiger partial charge is 0.237 e. The van der Waals surface area contributed by atoms with Crippen LogP contribution in [-0.2, 0) is 4.79 Å². The molecule has 0 saturated heterocycles. The standard InChI is InChI=1S/C18H26N2O.CH4O/c1-4-5-10-15(2)14-20-18(21)17(19-3)13-16-11-8-6-7-9-12-16;1-2/h4-12,16-17,19H,13-14H2,1-3H3,(H,20,21);2H,1H3/b5-4-,15-10+;. The Balaban J connectivity index is 0.00000232. The summed E-state index contributed by atoms with van der Waals surface area (Å²) in [4.78, 5) is 12.2. The molecule has 128 valence electrons. The first kappa shape index (κ1) is 21.1. The van der Waals surface area contributed by atoms with Gasteiger partial charge in [0.1, 0.15) is 0 Å². The lowest BCUT2D eigenvalue weighted by atomic mass is 9.98. The summed E-state index contributed by atoms with van der Waals surface area (Å²) in [5.74, 6) is 0.326. The van der Waals surface area contributed by atoms with Gasteiger partial charge >= 0.3 is 0 Å². The van der Waals surface area contributed by atoms with Gasteiger partial charge in [0.05, 0.1) is 6.04 Å². The topological polar surface area (TPSA) is 61.4 Å². The Labute approximate surface area is 140 Å². The molecule has 0 radical (unpaired) electrons. The minimum Gasteiger partial charge on any atom is -0.400 e. The largest absolute Gasteiger partial charge is 0.400 e. The Morgan fingerprint density at radius 2 is 1.83 bits per heavy atom. The van der Waals surface area contributed by atoms with Crippen LogP contribution in [0.3, 0.4) is 0 Å². The van der Waals surface area contributed by atoms with Crippen molar-refractivity contribution in [1.82, 2.24) is 10.6 Å². The lowest BCUT2D eigenvalue weighted by Gasteiger charge is -2.19. The highest BCUT2D eigenvalue weighted by Gasteiger charge is 2.18. The summed E-state index contributed by atoms with van der Waals surface area (Å²) < 4.78 is 0. The van der Waals surface area contributed by atoms with Gasteiger partial charge in [-0.05, 0) is 33.2 Å².